The minimum absolute atomic E-state index is 0.00925. The van der Waals surface area contributed by atoms with E-state index in [1.54, 1.807) is 18.2 Å². The second kappa shape index (κ2) is 9.55. The van der Waals surface area contributed by atoms with Crippen molar-refractivity contribution in [2.24, 2.45) is 0 Å². The van der Waals surface area contributed by atoms with E-state index < -0.39 is 11.7 Å². The van der Waals surface area contributed by atoms with Crippen molar-refractivity contribution in [3.8, 4) is 0 Å². The zero-order chi connectivity index (χ0) is 19.9. The fraction of sp³-hybridized carbons (Fsp3) is 0.333. The molecule has 0 heterocycles. The van der Waals surface area contributed by atoms with E-state index in [1.165, 1.54) is 12.1 Å². The van der Waals surface area contributed by atoms with Crippen molar-refractivity contribution in [3.63, 3.8) is 0 Å². The molecule has 2 unspecified atom stereocenters. The van der Waals surface area contributed by atoms with E-state index in [-0.39, 0.29) is 23.7 Å². The molecule has 2 aromatic rings. The molecule has 1 aliphatic rings. The monoisotopic (exact) mass is 403 g/mol. The molecule has 0 aromatic heterocycles. The molecule has 0 bridgehead atoms. The van der Waals surface area contributed by atoms with Crippen molar-refractivity contribution in [2.45, 2.75) is 44.3 Å². The summed E-state index contributed by atoms with van der Waals surface area (Å²) in [5.41, 5.74) is 0.836. The number of hydrogen-bond donors (Lipinski definition) is 3. The highest BCUT2D eigenvalue weighted by molar-refractivity contribution is 6.31. The van der Waals surface area contributed by atoms with Crippen LogP contribution in [0.3, 0.4) is 0 Å². The molecule has 7 heteroatoms. The van der Waals surface area contributed by atoms with Gasteiger partial charge in [0, 0.05) is 17.6 Å². The second-order valence-electron chi connectivity index (χ2n) is 6.87. The summed E-state index contributed by atoms with van der Waals surface area (Å²) in [6, 6.07) is 12.4. The Bertz CT molecular complexity index is 846. The van der Waals surface area contributed by atoms with E-state index in [4.69, 9.17) is 11.6 Å². The van der Waals surface area contributed by atoms with Crippen molar-refractivity contribution in [2.75, 3.05) is 0 Å². The lowest BCUT2D eigenvalue weighted by Crippen LogP contribution is -2.55. The predicted octanol–water partition coefficient (Wildman–Crippen LogP) is 4.02. The average Bonchev–Trinajstić information content (AvgIpc) is 2.69. The van der Waals surface area contributed by atoms with Crippen LogP contribution in [0.4, 0.5) is 9.18 Å². The molecule has 0 spiro atoms. The molecule has 3 amide bonds. The standard InChI is InChI=1S/C21H23ClFN3O2/c22-16-9-3-1-7-14(16)13-24-21(28)26-19-12-6-5-11-18(19)25-20(27)15-8-2-4-10-17(15)23/h1-4,7-10,18-19H,5-6,11-13H2,(H,25,27)(H2,24,26,28). The zero-order valence-electron chi connectivity index (χ0n) is 15.4. The van der Waals surface area contributed by atoms with Crippen LogP contribution < -0.4 is 16.0 Å². The van der Waals surface area contributed by atoms with Crippen LogP contribution in [0.1, 0.15) is 41.6 Å². The van der Waals surface area contributed by atoms with Crippen molar-refractivity contribution in [1.29, 1.82) is 0 Å². The van der Waals surface area contributed by atoms with Gasteiger partial charge in [-0.05, 0) is 36.6 Å². The summed E-state index contributed by atoms with van der Waals surface area (Å²) < 4.78 is 13.8. The van der Waals surface area contributed by atoms with Gasteiger partial charge in [-0.1, -0.05) is 54.8 Å². The Hall–Kier alpha value is -2.60. The third-order valence-electron chi connectivity index (χ3n) is 4.91. The van der Waals surface area contributed by atoms with Gasteiger partial charge in [-0.15, -0.1) is 0 Å². The third-order valence-corrected chi connectivity index (χ3v) is 5.28. The van der Waals surface area contributed by atoms with Crippen LogP contribution in [0.2, 0.25) is 5.02 Å². The molecule has 1 fully saturated rings. The van der Waals surface area contributed by atoms with E-state index in [2.05, 4.69) is 16.0 Å². The van der Waals surface area contributed by atoms with Gasteiger partial charge >= 0.3 is 6.03 Å². The van der Waals surface area contributed by atoms with Crippen LogP contribution in [0.15, 0.2) is 48.5 Å². The summed E-state index contributed by atoms with van der Waals surface area (Å²) in [6.45, 7) is 0.310. The van der Waals surface area contributed by atoms with Crippen LogP contribution in [-0.2, 0) is 6.54 Å². The summed E-state index contributed by atoms with van der Waals surface area (Å²) in [6.07, 6.45) is 3.39. The topological polar surface area (TPSA) is 70.2 Å². The van der Waals surface area contributed by atoms with Gasteiger partial charge in [-0.2, -0.15) is 0 Å². The maximum Gasteiger partial charge on any atom is 0.315 e. The Morgan fingerprint density at radius 3 is 2.32 bits per heavy atom. The van der Waals surface area contributed by atoms with Gasteiger partial charge < -0.3 is 16.0 Å². The van der Waals surface area contributed by atoms with Gasteiger partial charge in [0.2, 0.25) is 0 Å². The molecule has 3 rings (SSSR count). The summed E-state index contributed by atoms with van der Waals surface area (Å²) in [7, 11) is 0. The van der Waals surface area contributed by atoms with Crippen molar-refractivity contribution < 1.29 is 14.0 Å². The maximum absolute atomic E-state index is 13.8. The van der Waals surface area contributed by atoms with Crippen LogP contribution in [0.5, 0.6) is 0 Å². The first-order chi connectivity index (χ1) is 13.5. The molecule has 0 radical (unpaired) electrons. The number of urea groups is 1. The summed E-state index contributed by atoms with van der Waals surface area (Å²) in [5.74, 6) is -1.02. The molecule has 2 aromatic carbocycles. The maximum atomic E-state index is 13.8. The smallest absolute Gasteiger partial charge is 0.315 e. The number of halogens is 2. The molecule has 148 valence electrons. The van der Waals surface area contributed by atoms with E-state index in [0.717, 1.165) is 31.2 Å². The zero-order valence-corrected chi connectivity index (χ0v) is 16.1. The number of amides is 3. The molecule has 0 saturated heterocycles. The van der Waals surface area contributed by atoms with Crippen LogP contribution in [-0.4, -0.2) is 24.0 Å². The lowest BCUT2D eigenvalue weighted by atomic mass is 9.90. The first-order valence-electron chi connectivity index (χ1n) is 9.38. The quantitative estimate of drug-likeness (QED) is 0.705. The Morgan fingerprint density at radius 1 is 0.964 bits per heavy atom. The minimum Gasteiger partial charge on any atom is -0.347 e. The molecule has 5 nitrogen and oxygen atoms in total. The highest BCUT2D eigenvalue weighted by Crippen LogP contribution is 2.20. The SMILES string of the molecule is O=C(NCc1ccccc1Cl)NC1CCCCC1NC(=O)c1ccccc1F. The van der Waals surface area contributed by atoms with Gasteiger partial charge in [0.15, 0.2) is 0 Å². The number of carbonyl (C=O) groups excluding carboxylic acids is 2. The first kappa shape index (κ1) is 20.1. The molecule has 28 heavy (non-hydrogen) atoms. The normalized spacial score (nSPS) is 18.9. The Kier molecular flexibility index (Phi) is 6.87. The van der Waals surface area contributed by atoms with Crippen LogP contribution >= 0.6 is 11.6 Å². The summed E-state index contributed by atoms with van der Waals surface area (Å²) >= 11 is 6.10. The van der Waals surface area contributed by atoms with Gasteiger partial charge in [-0.3, -0.25) is 4.79 Å². The Labute approximate surface area is 168 Å². The molecule has 2 atom stereocenters. The lowest BCUT2D eigenvalue weighted by Gasteiger charge is -2.32. The van der Waals surface area contributed by atoms with E-state index in [1.807, 2.05) is 18.2 Å². The molecule has 1 saturated carbocycles. The van der Waals surface area contributed by atoms with Gasteiger partial charge in [0.25, 0.3) is 5.91 Å². The summed E-state index contributed by atoms with van der Waals surface area (Å²) in [5, 5.41) is 9.19. The molecule has 0 aliphatic heterocycles. The number of carbonyl (C=O) groups is 2. The second-order valence-corrected chi connectivity index (χ2v) is 7.28. The van der Waals surface area contributed by atoms with Crippen LogP contribution in [0, 0.1) is 5.82 Å². The molecule has 1 aliphatic carbocycles. The van der Waals surface area contributed by atoms with Crippen molar-refractivity contribution in [3.05, 3.63) is 70.5 Å². The van der Waals surface area contributed by atoms with E-state index in [0.29, 0.717) is 11.6 Å². The van der Waals surface area contributed by atoms with E-state index in [9.17, 15) is 14.0 Å². The Balaban J connectivity index is 1.57. The van der Waals surface area contributed by atoms with Crippen molar-refractivity contribution in [1.82, 2.24) is 16.0 Å². The fourth-order valence-corrected chi connectivity index (χ4v) is 3.61. The molecule has 3 N–H and O–H groups in total. The highest BCUT2D eigenvalue weighted by Gasteiger charge is 2.28. The average molecular weight is 404 g/mol. The lowest BCUT2D eigenvalue weighted by molar-refractivity contribution is 0.0911. The van der Waals surface area contributed by atoms with Crippen molar-refractivity contribution >= 4 is 23.5 Å². The first-order valence-corrected chi connectivity index (χ1v) is 9.75. The largest absolute Gasteiger partial charge is 0.347 e. The van der Waals surface area contributed by atoms with E-state index >= 15 is 0 Å². The van der Waals surface area contributed by atoms with Crippen LogP contribution in [0.25, 0.3) is 0 Å². The highest BCUT2D eigenvalue weighted by atomic mass is 35.5. The van der Waals surface area contributed by atoms with Gasteiger partial charge in [0.05, 0.1) is 11.6 Å². The number of hydrogen-bond acceptors (Lipinski definition) is 2. The number of rotatable bonds is 5. The number of benzene rings is 2. The summed E-state index contributed by atoms with van der Waals surface area (Å²) in [4.78, 5) is 24.7. The van der Waals surface area contributed by atoms with Gasteiger partial charge in [-0.25, -0.2) is 9.18 Å². The third kappa shape index (κ3) is 5.23. The number of nitrogens with one attached hydrogen (secondary N) is 3. The van der Waals surface area contributed by atoms with Gasteiger partial charge in [0.1, 0.15) is 5.82 Å². The molecular weight excluding hydrogens is 381 g/mol. The fourth-order valence-electron chi connectivity index (χ4n) is 3.40. The Morgan fingerprint density at radius 2 is 1.61 bits per heavy atom. The molecular formula is C21H23ClFN3O2. The predicted molar refractivity (Wildman–Crippen MR) is 107 cm³/mol. The minimum atomic E-state index is -0.558.